The second-order valence-electron chi connectivity index (χ2n) is 7.68. The van der Waals surface area contributed by atoms with Crippen LogP contribution >= 0.6 is 34.3 Å². The molecule has 170 valence electrons. The van der Waals surface area contributed by atoms with Crippen LogP contribution in [-0.4, -0.2) is 10.5 Å². The van der Waals surface area contributed by atoms with Gasteiger partial charge in [-0.2, -0.15) is 0 Å². The highest BCUT2D eigenvalue weighted by atomic mass is 35.5. The lowest BCUT2D eigenvalue weighted by molar-refractivity contribution is -0.140. The summed E-state index contributed by atoms with van der Waals surface area (Å²) in [7, 11) is 0. The Morgan fingerprint density at radius 2 is 1.88 bits per heavy atom. The van der Waals surface area contributed by atoms with E-state index < -0.39 is 12.0 Å². The minimum Gasteiger partial charge on any atom is -0.457 e. The number of esters is 1. The largest absolute Gasteiger partial charge is 0.457 e. The molecule has 8 heteroatoms. The van der Waals surface area contributed by atoms with Gasteiger partial charge in [0.05, 0.1) is 15.8 Å². The second kappa shape index (κ2) is 9.54. The van der Waals surface area contributed by atoms with E-state index in [0.717, 1.165) is 16.0 Å². The molecule has 5 rings (SSSR count). The zero-order chi connectivity index (χ0) is 23.7. The number of hydrogen-bond donors (Lipinski definition) is 0. The van der Waals surface area contributed by atoms with Crippen molar-refractivity contribution < 1.29 is 9.53 Å². The minimum absolute atomic E-state index is 0.143. The number of halogens is 1. The molecule has 2 aromatic heterocycles. The first-order valence-corrected chi connectivity index (χ1v) is 12.6. The van der Waals surface area contributed by atoms with Gasteiger partial charge in [0.15, 0.2) is 4.80 Å². The van der Waals surface area contributed by atoms with Crippen LogP contribution in [0.15, 0.2) is 93.2 Å². The van der Waals surface area contributed by atoms with Crippen LogP contribution < -0.4 is 14.9 Å². The molecular formula is C26H19ClN2O3S2. The molecule has 0 aliphatic carbocycles. The van der Waals surface area contributed by atoms with E-state index in [1.54, 1.807) is 23.6 Å². The molecule has 4 aromatic rings. The van der Waals surface area contributed by atoms with Gasteiger partial charge in [-0.25, -0.2) is 9.79 Å². The molecule has 1 unspecified atom stereocenters. The summed E-state index contributed by atoms with van der Waals surface area (Å²) < 4.78 is 7.74. The molecule has 0 radical (unpaired) electrons. The lowest BCUT2D eigenvalue weighted by Gasteiger charge is -2.23. The van der Waals surface area contributed by atoms with Gasteiger partial charge in [-0.3, -0.25) is 9.36 Å². The first-order chi connectivity index (χ1) is 16.5. The summed E-state index contributed by atoms with van der Waals surface area (Å²) in [5, 5.41) is 2.49. The lowest BCUT2D eigenvalue weighted by Crippen LogP contribution is -2.39. The smallest absolute Gasteiger partial charge is 0.338 e. The normalized spacial score (nSPS) is 15.7. The predicted octanol–water partition coefficient (Wildman–Crippen LogP) is 4.69. The van der Waals surface area contributed by atoms with Gasteiger partial charge in [-0.15, -0.1) is 11.3 Å². The fourth-order valence-electron chi connectivity index (χ4n) is 3.83. The van der Waals surface area contributed by atoms with Crippen LogP contribution in [0, 0.1) is 0 Å². The highest BCUT2D eigenvalue weighted by molar-refractivity contribution is 7.10. The van der Waals surface area contributed by atoms with Crippen LogP contribution in [0.4, 0.5) is 0 Å². The van der Waals surface area contributed by atoms with E-state index in [2.05, 4.69) is 4.99 Å². The average Bonchev–Trinajstić information content (AvgIpc) is 3.47. The predicted molar refractivity (Wildman–Crippen MR) is 136 cm³/mol. The zero-order valence-electron chi connectivity index (χ0n) is 18.1. The molecule has 3 heterocycles. The van der Waals surface area contributed by atoms with E-state index in [9.17, 15) is 9.59 Å². The fourth-order valence-corrected chi connectivity index (χ4v) is 5.88. The molecule has 0 bridgehead atoms. The standard InChI is InChI=1S/C26H19ClN2O3S2/c1-16-22(25(31)32-15-17-8-3-2-4-9-17)23(20-12-7-13-33-20)29-24(30)21(34-26(29)28-16)14-18-10-5-6-11-19(18)27/h2-14,23H,15H2,1H3/b21-14+. The summed E-state index contributed by atoms with van der Waals surface area (Å²) >= 11 is 9.08. The number of allylic oxidation sites excluding steroid dienone is 1. The number of fused-ring (bicyclic) bond motifs is 1. The van der Waals surface area contributed by atoms with Gasteiger partial charge >= 0.3 is 5.97 Å². The molecule has 5 nitrogen and oxygen atoms in total. The quantitative estimate of drug-likeness (QED) is 0.369. The van der Waals surface area contributed by atoms with Gasteiger partial charge in [0, 0.05) is 9.90 Å². The number of rotatable bonds is 5. The van der Waals surface area contributed by atoms with Crippen molar-refractivity contribution in [2.45, 2.75) is 19.6 Å². The van der Waals surface area contributed by atoms with Gasteiger partial charge in [0.25, 0.3) is 5.56 Å². The van der Waals surface area contributed by atoms with E-state index in [1.165, 1.54) is 22.7 Å². The number of ether oxygens (including phenoxy) is 1. The molecule has 34 heavy (non-hydrogen) atoms. The number of nitrogens with zero attached hydrogens (tertiary/aromatic N) is 2. The second-order valence-corrected chi connectivity index (χ2v) is 10.1. The Morgan fingerprint density at radius 1 is 1.12 bits per heavy atom. The number of thiazole rings is 1. The maximum absolute atomic E-state index is 13.6. The van der Waals surface area contributed by atoms with Gasteiger partial charge < -0.3 is 4.74 Å². The molecular weight excluding hydrogens is 488 g/mol. The van der Waals surface area contributed by atoms with Gasteiger partial charge in [0.1, 0.15) is 12.6 Å². The molecule has 0 amide bonds. The molecule has 0 N–H and O–H groups in total. The summed E-state index contributed by atoms with van der Waals surface area (Å²) in [6.07, 6.45) is 1.77. The summed E-state index contributed by atoms with van der Waals surface area (Å²) in [4.78, 5) is 32.9. The van der Waals surface area contributed by atoms with E-state index in [0.29, 0.717) is 25.6 Å². The van der Waals surface area contributed by atoms with Gasteiger partial charge in [-0.05, 0) is 41.6 Å². The highest BCUT2D eigenvalue weighted by Crippen LogP contribution is 2.33. The van der Waals surface area contributed by atoms with Crippen molar-refractivity contribution in [3.8, 4) is 0 Å². The third-order valence-corrected chi connectivity index (χ3v) is 7.71. The van der Waals surface area contributed by atoms with E-state index >= 15 is 0 Å². The molecule has 1 atom stereocenters. The molecule has 0 saturated heterocycles. The number of hydrogen-bond acceptors (Lipinski definition) is 6. The van der Waals surface area contributed by atoms with Gasteiger partial charge in [-0.1, -0.05) is 77.5 Å². The molecule has 0 fully saturated rings. The van der Waals surface area contributed by atoms with Crippen LogP contribution in [0.25, 0.3) is 6.08 Å². The number of carbonyl (C=O) groups excluding carboxylic acids is 1. The number of benzene rings is 2. The lowest BCUT2D eigenvalue weighted by atomic mass is 10.0. The minimum atomic E-state index is -0.604. The van der Waals surface area contributed by atoms with E-state index in [1.807, 2.05) is 66.0 Å². The summed E-state index contributed by atoms with van der Waals surface area (Å²) in [6.45, 7) is 1.93. The van der Waals surface area contributed by atoms with Crippen LogP contribution in [0.1, 0.15) is 29.0 Å². The average molecular weight is 507 g/mol. The Labute approximate surface area is 208 Å². The van der Waals surface area contributed by atoms with Crippen molar-refractivity contribution in [3.05, 3.63) is 124 Å². The first kappa shape index (κ1) is 22.5. The van der Waals surface area contributed by atoms with Crippen molar-refractivity contribution in [2.24, 2.45) is 4.99 Å². The first-order valence-electron chi connectivity index (χ1n) is 10.5. The zero-order valence-corrected chi connectivity index (χ0v) is 20.5. The van der Waals surface area contributed by atoms with Crippen molar-refractivity contribution in [1.82, 2.24) is 4.57 Å². The van der Waals surface area contributed by atoms with Crippen LogP contribution in [-0.2, 0) is 16.1 Å². The Morgan fingerprint density at radius 3 is 2.62 bits per heavy atom. The molecule has 2 aromatic carbocycles. The van der Waals surface area contributed by atoms with Crippen molar-refractivity contribution in [3.63, 3.8) is 0 Å². The van der Waals surface area contributed by atoms with Crippen molar-refractivity contribution >= 4 is 46.3 Å². The van der Waals surface area contributed by atoms with Crippen molar-refractivity contribution in [2.75, 3.05) is 0 Å². The van der Waals surface area contributed by atoms with Crippen LogP contribution in [0.3, 0.4) is 0 Å². The summed E-state index contributed by atoms with van der Waals surface area (Å²) in [5.41, 5.74) is 2.33. The Hall–Kier alpha value is -3.26. The summed E-state index contributed by atoms with van der Waals surface area (Å²) in [5.74, 6) is -0.483. The Balaban J connectivity index is 1.60. The summed E-state index contributed by atoms with van der Waals surface area (Å²) in [6, 6.07) is 20.1. The van der Waals surface area contributed by atoms with Crippen molar-refractivity contribution in [1.29, 1.82) is 0 Å². The van der Waals surface area contributed by atoms with Crippen LogP contribution in [0.2, 0.25) is 5.02 Å². The van der Waals surface area contributed by atoms with Gasteiger partial charge in [0.2, 0.25) is 0 Å². The van der Waals surface area contributed by atoms with Crippen LogP contribution in [0.5, 0.6) is 0 Å². The van der Waals surface area contributed by atoms with E-state index in [-0.39, 0.29) is 12.2 Å². The maximum Gasteiger partial charge on any atom is 0.338 e. The number of aromatic nitrogens is 1. The highest BCUT2D eigenvalue weighted by Gasteiger charge is 2.34. The fraction of sp³-hybridized carbons (Fsp3) is 0.115. The molecule has 0 spiro atoms. The van der Waals surface area contributed by atoms with E-state index in [4.69, 9.17) is 16.3 Å². The monoisotopic (exact) mass is 506 g/mol. The third kappa shape index (κ3) is 4.30. The molecule has 1 aliphatic heterocycles. The number of carbonyl (C=O) groups is 1. The maximum atomic E-state index is 13.6. The third-order valence-electron chi connectivity index (χ3n) is 5.46. The molecule has 0 saturated carbocycles. The SMILES string of the molecule is CC1=C(C(=O)OCc2ccccc2)C(c2cccs2)n2c(s/c(=C/c3ccccc3Cl)c2=O)=N1. The Bertz CT molecular complexity index is 1570. The Kier molecular flexibility index (Phi) is 6.32. The topological polar surface area (TPSA) is 60.7 Å². The molecule has 1 aliphatic rings. The number of thiophene rings is 1.